The number of methoxy groups -OCH3 is 1. The zero-order valence-electron chi connectivity index (χ0n) is 20.1. The van der Waals surface area contributed by atoms with Crippen LogP contribution < -0.4 is 4.74 Å². The first-order valence-corrected chi connectivity index (χ1v) is 12.2. The molecule has 0 bridgehead atoms. The minimum atomic E-state index is -0.178. The zero-order chi connectivity index (χ0) is 24.5. The van der Waals surface area contributed by atoms with E-state index >= 15 is 0 Å². The van der Waals surface area contributed by atoms with E-state index in [0.29, 0.717) is 13.2 Å². The summed E-state index contributed by atoms with van der Waals surface area (Å²) < 4.78 is 10.8. The van der Waals surface area contributed by atoms with E-state index in [1.165, 1.54) is 5.56 Å². The van der Waals surface area contributed by atoms with Crippen molar-refractivity contribution in [3.63, 3.8) is 0 Å². The highest BCUT2D eigenvalue weighted by atomic mass is 16.5. The fourth-order valence-electron chi connectivity index (χ4n) is 4.67. The summed E-state index contributed by atoms with van der Waals surface area (Å²) in [5, 5.41) is 10.6. The number of hydrogen-bond acceptors (Lipinski definition) is 6. The first-order chi connectivity index (χ1) is 17.7. The highest BCUT2D eigenvalue weighted by molar-refractivity contribution is 5.95. The molecule has 0 radical (unpaired) electrons. The number of aromatic amines is 1. The van der Waals surface area contributed by atoms with Gasteiger partial charge in [-0.1, -0.05) is 48.5 Å². The Hall–Kier alpha value is -3.78. The van der Waals surface area contributed by atoms with Gasteiger partial charge in [-0.25, -0.2) is 9.97 Å². The molecule has 3 aromatic carbocycles. The average Bonchev–Trinajstić information content (AvgIpc) is 3.31. The number of para-hydroxylation sites is 1. The fraction of sp³-hybridized carbons (Fsp3) is 0.241. The normalized spacial score (nSPS) is 14.4. The molecule has 3 heterocycles. The third kappa shape index (κ3) is 4.56. The number of H-pyrrole nitrogens is 1. The molecule has 1 saturated heterocycles. The molecule has 2 aromatic heterocycles. The lowest BCUT2D eigenvalue weighted by Crippen LogP contribution is -2.49. The molecule has 0 saturated carbocycles. The summed E-state index contributed by atoms with van der Waals surface area (Å²) in [6, 6.07) is 24.8. The predicted octanol–water partition coefficient (Wildman–Crippen LogP) is 4.65. The largest absolute Gasteiger partial charge is 0.491 e. The van der Waals surface area contributed by atoms with Gasteiger partial charge >= 0.3 is 0 Å². The molecule has 2 N–H and O–H groups in total. The number of benzene rings is 3. The number of fused-ring (bicyclic) bond motifs is 2. The van der Waals surface area contributed by atoms with Crippen LogP contribution in [0.15, 0.2) is 72.8 Å². The van der Waals surface area contributed by atoms with Crippen LogP contribution >= 0.6 is 0 Å². The Kier molecular flexibility index (Phi) is 6.11. The molecule has 36 heavy (non-hydrogen) atoms. The van der Waals surface area contributed by atoms with Gasteiger partial charge in [0.15, 0.2) is 5.82 Å². The van der Waals surface area contributed by atoms with Gasteiger partial charge in [0.25, 0.3) is 0 Å². The Morgan fingerprint density at radius 2 is 1.83 bits per heavy atom. The van der Waals surface area contributed by atoms with Crippen molar-refractivity contribution in [2.75, 3.05) is 33.4 Å². The van der Waals surface area contributed by atoms with Gasteiger partial charge in [0.2, 0.25) is 0 Å². The maximum atomic E-state index is 9.52. The molecule has 5 aromatic rings. The molecule has 1 aliphatic rings. The van der Waals surface area contributed by atoms with Crippen molar-refractivity contribution in [1.82, 2.24) is 19.9 Å². The fourth-order valence-corrected chi connectivity index (χ4v) is 4.67. The van der Waals surface area contributed by atoms with Gasteiger partial charge < -0.3 is 19.6 Å². The molecular formula is C29H28N4O3. The molecule has 1 aliphatic heterocycles. The van der Waals surface area contributed by atoms with Gasteiger partial charge in [-0.2, -0.15) is 0 Å². The second-order valence-electron chi connectivity index (χ2n) is 9.22. The van der Waals surface area contributed by atoms with Crippen molar-refractivity contribution in [1.29, 1.82) is 0 Å². The van der Waals surface area contributed by atoms with E-state index in [1.807, 2.05) is 24.3 Å². The number of pyridine rings is 1. The number of aliphatic hydroxyl groups excluding tert-OH is 1. The van der Waals surface area contributed by atoms with Crippen molar-refractivity contribution in [2.45, 2.75) is 12.6 Å². The van der Waals surface area contributed by atoms with E-state index in [9.17, 15) is 5.11 Å². The van der Waals surface area contributed by atoms with E-state index < -0.39 is 0 Å². The number of nitrogens with one attached hydrogen (secondary N) is 1. The Bertz CT molecular complexity index is 1510. The summed E-state index contributed by atoms with van der Waals surface area (Å²) in [4.78, 5) is 15.4. The van der Waals surface area contributed by atoms with Crippen LogP contribution in [0.1, 0.15) is 5.56 Å². The summed E-state index contributed by atoms with van der Waals surface area (Å²) in [5.74, 6) is 1.50. The smallest absolute Gasteiger partial charge is 0.157 e. The number of β-amino-alcohol motifs (C(OH)–C–C–N with tert-alkyl or cyclic N) is 1. The lowest BCUT2D eigenvalue weighted by molar-refractivity contribution is -0.00286. The number of hydrogen-bond donors (Lipinski definition) is 2. The van der Waals surface area contributed by atoms with E-state index in [-0.39, 0.29) is 6.10 Å². The number of nitrogens with zero attached hydrogens (tertiary/aromatic N) is 3. The molecular weight excluding hydrogens is 452 g/mol. The minimum absolute atomic E-state index is 0.178. The van der Waals surface area contributed by atoms with Crippen LogP contribution in [0.25, 0.3) is 44.6 Å². The van der Waals surface area contributed by atoms with Crippen LogP contribution in [0.4, 0.5) is 0 Å². The Labute approximate surface area is 209 Å². The van der Waals surface area contributed by atoms with Gasteiger partial charge in [-0.15, -0.1) is 0 Å². The third-order valence-corrected chi connectivity index (χ3v) is 6.58. The van der Waals surface area contributed by atoms with Gasteiger partial charge in [0.1, 0.15) is 18.1 Å². The van der Waals surface area contributed by atoms with Crippen LogP contribution in [0.5, 0.6) is 5.75 Å². The molecule has 0 spiro atoms. The van der Waals surface area contributed by atoms with Crippen molar-refractivity contribution in [3.05, 3.63) is 78.4 Å². The molecule has 0 unspecified atom stereocenters. The molecule has 0 aliphatic carbocycles. The Morgan fingerprint density at radius 3 is 2.64 bits per heavy atom. The van der Waals surface area contributed by atoms with E-state index in [4.69, 9.17) is 19.4 Å². The number of rotatable bonds is 8. The van der Waals surface area contributed by atoms with Crippen molar-refractivity contribution >= 4 is 21.9 Å². The third-order valence-electron chi connectivity index (χ3n) is 6.58. The highest BCUT2D eigenvalue weighted by Gasteiger charge is 2.23. The molecule has 182 valence electrons. The second kappa shape index (κ2) is 9.70. The summed E-state index contributed by atoms with van der Waals surface area (Å²) in [6.45, 7) is 3.41. The minimum Gasteiger partial charge on any atom is -0.491 e. The maximum absolute atomic E-state index is 9.52. The SMILES string of the molecule is COCCOc1ccc2nc(-c3ccc4cccc(-c5ccc(CN6CC(O)C6)cc5)c4n3)[nH]c2c1. The van der Waals surface area contributed by atoms with Crippen LogP contribution in [-0.2, 0) is 11.3 Å². The van der Waals surface area contributed by atoms with Crippen LogP contribution in [0, 0.1) is 0 Å². The summed E-state index contributed by atoms with van der Waals surface area (Å²) in [5.41, 5.74) is 6.96. The second-order valence-corrected chi connectivity index (χ2v) is 9.22. The lowest BCUT2D eigenvalue weighted by atomic mass is 10.00. The van der Waals surface area contributed by atoms with Crippen LogP contribution in [0.2, 0.25) is 0 Å². The van der Waals surface area contributed by atoms with Gasteiger partial charge in [-0.05, 0) is 29.3 Å². The monoisotopic (exact) mass is 480 g/mol. The first-order valence-electron chi connectivity index (χ1n) is 12.2. The van der Waals surface area contributed by atoms with Crippen molar-refractivity contribution < 1.29 is 14.6 Å². The molecule has 7 heteroatoms. The first kappa shape index (κ1) is 22.7. The van der Waals surface area contributed by atoms with Gasteiger partial charge in [0, 0.05) is 43.8 Å². The quantitative estimate of drug-likeness (QED) is 0.315. The molecule has 0 amide bonds. The molecule has 0 atom stereocenters. The van der Waals surface area contributed by atoms with Crippen LogP contribution in [-0.4, -0.2) is 64.5 Å². The molecule has 1 fully saturated rings. The maximum Gasteiger partial charge on any atom is 0.157 e. The Morgan fingerprint density at radius 1 is 0.972 bits per heavy atom. The Balaban J connectivity index is 1.29. The number of ether oxygens (including phenoxy) is 2. The zero-order valence-corrected chi connectivity index (χ0v) is 20.1. The summed E-state index contributed by atoms with van der Waals surface area (Å²) in [7, 11) is 1.66. The highest BCUT2D eigenvalue weighted by Crippen LogP contribution is 2.30. The number of likely N-dealkylation sites (tertiary alicyclic amines) is 1. The molecule has 7 nitrogen and oxygen atoms in total. The lowest BCUT2D eigenvalue weighted by Gasteiger charge is -2.35. The van der Waals surface area contributed by atoms with Crippen molar-refractivity contribution in [3.8, 4) is 28.4 Å². The van der Waals surface area contributed by atoms with E-state index in [1.54, 1.807) is 7.11 Å². The van der Waals surface area contributed by atoms with Gasteiger partial charge in [0.05, 0.1) is 29.3 Å². The summed E-state index contributed by atoms with van der Waals surface area (Å²) in [6.07, 6.45) is -0.178. The summed E-state index contributed by atoms with van der Waals surface area (Å²) >= 11 is 0. The van der Waals surface area contributed by atoms with E-state index in [2.05, 4.69) is 58.4 Å². The number of aliphatic hydroxyl groups is 1. The topological polar surface area (TPSA) is 83.5 Å². The van der Waals surface area contributed by atoms with Crippen molar-refractivity contribution in [2.24, 2.45) is 0 Å². The standard InChI is InChI=1S/C29H28N4O3/c1-35-13-14-36-23-10-12-25-27(15-23)32-29(31-25)26-11-9-21-3-2-4-24(28(21)30-26)20-7-5-19(6-8-20)16-33-17-22(34)18-33/h2-12,15,22,34H,13-14,16-18H2,1H3,(H,31,32). The van der Waals surface area contributed by atoms with Crippen LogP contribution in [0.3, 0.4) is 0 Å². The van der Waals surface area contributed by atoms with Gasteiger partial charge in [-0.3, -0.25) is 4.90 Å². The average molecular weight is 481 g/mol. The number of aromatic nitrogens is 3. The molecule has 6 rings (SSSR count). The van der Waals surface area contributed by atoms with E-state index in [0.717, 1.165) is 70.0 Å². The number of imidazole rings is 1. The predicted molar refractivity (Wildman–Crippen MR) is 141 cm³/mol.